The molecule has 0 atom stereocenters. The number of unbranched alkanes of at least 4 members (excludes halogenated alkanes) is 1. The lowest BCUT2D eigenvalue weighted by Gasteiger charge is -2.29. The first kappa shape index (κ1) is 20.9. The van der Waals surface area contributed by atoms with Crippen LogP contribution in [-0.2, 0) is 24.2 Å². The maximum atomic E-state index is 5.21. The van der Waals surface area contributed by atoms with Crippen LogP contribution in [0.2, 0.25) is 0 Å². The van der Waals surface area contributed by atoms with E-state index in [0.717, 1.165) is 18.3 Å². The third-order valence-electron chi connectivity index (χ3n) is 6.34. The SMILES string of the molecule is C=CCc1ccc(CCCC[C@H]2CC[C@H](c3ccc(COC)cc3)CC2)cc1. The Hall–Kier alpha value is -1.86. The van der Waals surface area contributed by atoms with Crippen molar-refractivity contribution >= 4 is 0 Å². The Morgan fingerprint density at radius 2 is 1.50 bits per heavy atom. The molecule has 0 saturated heterocycles. The zero-order valence-corrected chi connectivity index (χ0v) is 17.5. The third-order valence-corrected chi connectivity index (χ3v) is 6.34. The number of aryl methyl sites for hydroxylation is 1. The van der Waals surface area contributed by atoms with Gasteiger partial charge in [-0.05, 0) is 79.0 Å². The van der Waals surface area contributed by atoms with Crippen LogP contribution in [0.5, 0.6) is 0 Å². The number of hydrogen-bond donors (Lipinski definition) is 0. The van der Waals surface area contributed by atoms with Crippen LogP contribution in [-0.4, -0.2) is 7.11 Å². The predicted octanol–water partition coefficient (Wildman–Crippen LogP) is 7.25. The Labute approximate surface area is 171 Å². The lowest BCUT2D eigenvalue weighted by atomic mass is 9.77. The Balaban J connectivity index is 1.33. The summed E-state index contributed by atoms with van der Waals surface area (Å²) >= 11 is 0. The van der Waals surface area contributed by atoms with Crippen LogP contribution in [0.15, 0.2) is 61.2 Å². The average Bonchev–Trinajstić information content (AvgIpc) is 2.74. The topological polar surface area (TPSA) is 9.23 Å². The molecule has 1 nitrogen and oxygen atoms in total. The van der Waals surface area contributed by atoms with E-state index in [1.165, 1.54) is 73.6 Å². The van der Waals surface area contributed by atoms with Crippen LogP contribution in [0.3, 0.4) is 0 Å². The van der Waals surface area contributed by atoms with Crippen molar-refractivity contribution in [3.63, 3.8) is 0 Å². The van der Waals surface area contributed by atoms with Crippen molar-refractivity contribution < 1.29 is 4.74 Å². The first-order chi connectivity index (χ1) is 13.8. The van der Waals surface area contributed by atoms with Gasteiger partial charge in [-0.2, -0.15) is 0 Å². The summed E-state index contributed by atoms with van der Waals surface area (Å²) in [6, 6.07) is 18.2. The van der Waals surface area contributed by atoms with E-state index in [-0.39, 0.29) is 0 Å². The number of ether oxygens (including phenoxy) is 1. The molecule has 0 aliphatic heterocycles. The molecule has 28 heavy (non-hydrogen) atoms. The molecule has 0 bridgehead atoms. The molecule has 1 aliphatic rings. The molecule has 0 N–H and O–H groups in total. The molecule has 0 unspecified atom stereocenters. The normalized spacial score (nSPS) is 19.5. The molecule has 0 amide bonds. The molecule has 0 aromatic heterocycles. The number of hydrogen-bond acceptors (Lipinski definition) is 1. The fourth-order valence-corrected chi connectivity index (χ4v) is 4.61. The van der Waals surface area contributed by atoms with Crippen molar-refractivity contribution in [3.05, 3.63) is 83.4 Å². The summed E-state index contributed by atoms with van der Waals surface area (Å²) in [5, 5.41) is 0. The number of allylic oxidation sites excluding steroid dienone is 1. The molecule has 1 heteroatoms. The van der Waals surface area contributed by atoms with Crippen LogP contribution in [0.4, 0.5) is 0 Å². The molecule has 3 rings (SSSR count). The van der Waals surface area contributed by atoms with Gasteiger partial charge in [0.1, 0.15) is 0 Å². The van der Waals surface area contributed by atoms with E-state index in [9.17, 15) is 0 Å². The minimum Gasteiger partial charge on any atom is -0.380 e. The van der Waals surface area contributed by atoms with E-state index >= 15 is 0 Å². The largest absolute Gasteiger partial charge is 0.380 e. The van der Waals surface area contributed by atoms with Crippen LogP contribution in [0.1, 0.15) is 73.1 Å². The molecule has 2 aromatic rings. The van der Waals surface area contributed by atoms with E-state index in [2.05, 4.69) is 55.1 Å². The molecule has 1 aliphatic carbocycles. The maximum Gasteiger partial charge on any atom is 0.0713 e. The van der Waals surface area contributed by atoms with Crippen molar-refractivity contribution in [2.75, 3.05) is 7.11 Å². The van der Waals surface area contributed by atoms with Crippen molar-refractivity contribution in [1.29, 1.82) is 0 Å². The van der Waals surface area contributed by atoms with Crippen LogP contribution < -0.4 is 0 Å². The second-order valence-electron chi connectivity index (χ2n) is 8.45. The second kappa shape index (κ2) is 11.2. The zero-order chi connectivity index (χ0) is 19.6. The number of methoxy groups -OCH3 is 1. The number of rotatable bonds is 10. The summed E-state index contributed by atoms with van der Waals surface area (Å²) in [7, 11) is 1.76. The first-order valence-corrected chi connectivity index (χ1v) is 11.0. The lowest BCUT2D eigenvalue weighted by Crippen LogP contribution is -2.13. The van der Waals surface area contributed by atoms with Crippen LogP contribution in [0.25, 0.3) is 0 Å². The van der Waals surface area contributed by atoms with Gasteiger partial charge < -0.3 is 4.74 Å². The Kier molecular flexibility index (Phi) is 8.36. The summed E-state index contributed by atoms with van der Waals surface area (Å²) < 4.78 is 5.21. The molecule has 0 spiro atoms. The monoisotopic (exact) mass is 376 g/mol. The van der Waals surface area contributed by atoms with Gasteiger partial charge in [-0.15, -0.1) is 6.58 Å². The van der Waals surface area contributed by atoms with Gasteiger partial charge >= 0.3 is 0 Å². The Morgan fingerprint density at radius 3 is 2.14 bits per heavy atom. The first-order valence-electron chi connectivity index (χ1n) is 11.0. The second-order valence-corrected chi connectivity index (χ2v) is 8.45. The molecule has 150 valence electrons. The molecular formula is C27H36O. The van der Waals surface area contributed by atoms with Gasteiger partial charge in [0.15, 0.2) is 0 Å². The molecule has 2 aromatic carbocycles. The summed E-state index contributed by atoms with van der Waals surface area (Å²) in [6.07, 6.45) is 13.8. The van der Waals surface area contributed by atoms with Crippen LogP contribution in [0, 0.1) is 5.92 Å². The van der Waals surface area contributed by atoms with Crippen molar-refractivity contribution in [3.8, 4) is 0 Å². The predicted molar refractivity (Wildman–Crippen MR) is 120 cm³/mol. The highest BCUT2D eigenvalue weighted by Crippen LogP contribution is 2.37. The van der Waals surface area contributed by atoms with Crippen molar-refractivity contribution in [1.82, 2.24) is 0 Å². The third kappa shape index (κ3) is 6.34. The highest BCUT2D eigenvalue weighted by atomic mass is 16.5. The Morgan fingerprint density at radius 1 is 0.857 bits per heavy atom. The summed E-state index contributed by atoms with van der Waals surface area (Å²) in [4.78, 5) is 0. The quantitative estimate of drug-likeness (QED) is 0.313. The fourth-order valence-electron chi connectivity index (χ4n) is 4.61. The molecule has 0 heterocycles. The molecule has 1 fully saturated rings. The van der Waals surface area contributed by atoms with Gasteiger partial charge in [-0.25, -0.2) is 0 Å². The highest BCUT2D eigenvalue weighted by Gasteiger charge is 2.22. The zero-order valence-electron chi connectivity index (χ0n) is 17.5. The van der Waals surface area contributed by atoms with Gasteiger partial charge in [-0.3, -0.25) is 0 Å². The highest BCUT2D eigenvalue weighted by molar-refractivity contribution is 5.26. The molecule has 1 saturated carbocycles. The van der Waals surface area contributed by atoms with E-state index in [4.69, 9.17) is 4.74 Å². The van der Waals surface area contributed by atoms with Crippen molar-refractivity contribution in [2.45, 2.75) is 70.3 Å². The minimum absolute atomic E-state index is 0.714. The summed E-state index contributed by atoms with van der Waals surface area (Å²) in [6.45, 7) is 4.53. The molecule has 0 radical (unpaired) electrons. The van der Waals surface area contributed by atoms with Gasteiger partial charge in [0.25, 0.3) is 0 Å². The average molecular weight is 377 g/mol. The maximum absolute atomic E-state index is 5.21. The van der Waals surface area contributed by atoms with E-state index in [1.807, 2.05) is 6.08 Å². The number of benzene rings is 2. The van der Waals surface area contributed by atoms with Gasteiger partial charge in [0.2, 0.25) is 0 Å². The van der Waals surface area contributed by atoms with E-state index in [1.54, 1.807) is 7.11 Å². The smallest absolute Gasteiger partial charge is 0.0713 e. The van der Waals surface area contributed by atoms with Gasteiger partial charge in [0, 0.05) is 7.11 Å². The van der Waals surface area contributed by atoms with Gasteiger partial charge in [0.05, 0.1) is 6.61 Å². The van der Waals surface area contributed by atoms with Crippen molar-refractivity contribution in [2.24, 2.45) is 5.92 Å². The van der Waals surface area contributed by atoms with Crippen LogP contribution >= 0.6 is 0 Å². The molecular weight excluding hydrogens is 340 g/mol. The standard InChI is InChI=1S/C27H36O/c1-3-6-22-9-11-23(12-10-22)7-4-5-8-24-13-17-26(18-14-24)27-19-15-25(16-20-27)21-28-2/h3,9-12,15-16,19-20,24,26H,1,4-8,13-14,17-18,21H2,2H3/t24-,26-. The summed E-state index contributed by atoms with van der Waals surface area (Å²) in [5.74, 6) is 1.71. The summed E-state index contributed by atoms with van der Waals surface area (Å²) in [5.41, 5.74) is 5.64. The van der Waals surface area contributed by atoms with E-state index in [0.29, 0.717) is 6.61 Å². The Bertz CT molecular complexity index is 690. The van der Waals surface area contributed by atoms with E-state index < -0.39 is 0 Å². The lowest BCUT2D eigenvalue weighted by molar-refractivity contribution is 0.185. The fraction of sp³-hybridized carbons (Fsp3) is 0.481. The van der Waals surface area contributed by atoms with Gasteiger partial charge in [-0.1, -0.05) is 67.4 Å². The minimum atomic E-state index is 0.714.